The van der Waals surface area contributed by atoms with Crippen LogP contribution in [0.25, 0.3) is 11.1 Å². The first-order valence-corrected chi connectivity index (χ1v) is 9.49. The third kappa shape index (κ3) is 4.77. The van der Waals surface area contributed by atoms with E-state index in [9.17, 15) is 9.59 Å². The van der Waals surface area contributed by atoms with E-state index in [1.165, 1.54) is 12.5 Å². The Morgan fingerprint density at radius 3 is 2.25 bits per heavy atom. The van der Waals surface area contributed by atoms with Gasteiger partial charge < -0.3 is 9.73 Å². The van der Waals surface area contributed by atoms with Gasteiger partial charge in [0, 0.05) is 12.8 Å². The number of benzene rings is 2. The molecule has 0 saturated heterocycles. The zero-order chi connectivity index (χ0) is 20.1. The van der Waals surface area contributed by atoms with Crippen LogP contribution < -0.4 is 5.32 Å². The molecule has 1 atom stereocenters. The minimum atomic E-state index is -0.0801. The maximum absolute atomic E-state index is 12.3. The van der Waals surface area contributed by atoms with Crippen molar-refractivity contribution in [2.24, 2.45) is 0 Å². The van der Waals surface area contributed by atoms with Crippen molar-refractivity contribution in [3.05, 3.63) is 83.3 Å². The van der Waals surface area contributed by atoms with Gasteiger partial charge >= 0.3 is 0 Å². The summed E-state index contributed by atoms with van der Waals surface area (Å²) in [6.07, 6.45) is 0.788. The van der Waals surface area contributed by atoms with Crippen molar-refractivity contribution >= 4 is 11.7 Å². The molecule has 3 rings (SSSR count). The fourth-order valence-corrected chi connectivity index (χ4v) is 3.24. The lowest BCUT2D eigenvalue weighted by atomic mass is 10.0. The Bertz CT molecular complexity index is 955. The van der Waals surface area contributed by atoms with E-state index in [-0.39, 0.29) is 17.7 Å². The van der Waals surface area contributed by atoms with Gasteiger partial charge in [0.2, 0.25) is 5.91 Å². The number of aryl methyl sites for hydroxylation is 2. The van der Waals surface area contributed by atoms with Crippen molar-refractivity contribution < 1.29 is 14.0 Å². The Kier molecular flexibility index (Phi) is 6.09. The Balaban J connectivity index is 1.55. The van der Waals surface area contributed by atoms with Crippen molar-refractivity contribution in [2.45, 2.75) is 39.7 Å². The zero-order valence-corrected chi connectivity index (χ0v) is 16.5. The lowest BCUT2D eigenvalue weighted by molar-refractivity contribution is -0.121. The summed E-state index contributed by atoms with van der Waals surface area (Å²) < 4.78 is 5.57. The van der Waals surface area contributed by atoms with Crippen LogP contribution in [0.15, 0.2) is 65.1 Å². The topological polar surface area (TPSA) is 59.3 Å². The number of amides is 1. The van der Waals surface area contributed by atoms with Gasteiger partial charge in [0.25, 0.3) is 0 Å². The first-order chi connectivity index (χ1) is 13.4. The Hall–Kier alpha value is -3.14. The second-order valence-electron chi connectivity index (χ2n) is 7.02. The van der Waals surface area contributed by atoms with Gasteiger partial charge in [-0.15, -0.1) is 0 Å². The largest absolute Gasteiger partial charge is 0.466 e. The van der Waals surface area contributed by atoms with Gasteiger partial charge in [0.05, 0.1) is 11.6 Å². The fourth-order valence-electron chi connectivity index (χ4n) is 3.24. The Morgan fingerprint density at radius 1 is 1.00 bits per heavy atom. The predicted molar refractivity (Wildman–Crippen MR) is 110 cm³/mol. The van der Waals surface area contributed by atoms with E-state index < -0.39 is 0 Å². The lowest BCUT2D eigenvalue weighted by Gasteiger charge is -2.15. The highest BCUT2D eigenvalue weighted by Crippen LogP contribution is 2.22. The lowest BCUT2D eigenvalue weighted by Crippen LogP contribution is -2.26. The molecule has 2 aromatic carbocycles. The summed E-state index contributed by atoms with van der Waals surface area (Å²) in [6.45, 7) is 5.25. The van der Waals surface area contributed by atoms with E-state index in [1.54, 1.807) is 13.0 Å². The molecular formula is C24H25NO3. The number of rotatable bonds is 7. The molecule has 0 bridgehead atoms. The number of hydrogen-bond donors (Lipinski definition) is 1. The van der Waals surface area contributed by atoms with Crippen LogP contribution in [0, 0.1) is 6.92 Å². The van der Waals surface area contributed by atoms with E-state index in [0.717, 1.165) is 11.1 Å². The van der Waals surface area contributed by atoms with Gasteiger partial charge in [-0.2, -0.15) is 0 Å². The molecule has 144 valence electrons. The molecular weight excluding hydrogens is 350 g/mol. The first-order valence-electron chi connectivity index (χ1n) is 9.49. The minimum absolute atomic E-state index is 0.0236. The van der Waals surface area contributed by atoms with E-state index >= 15 is 0 Å². The molecule has 0 unspecified atom stereocenters. The highest BCUT2D eigenvalue weighted by atomic mass is 16.3. The third-order valence-corrected chi connectivity index (χ3v) is 4.84. The van der Waals surface area contributed by atoms with Gasteiger partial charge in [-0.05, 0) is 43.5 Å². The number of nitrogens with one attached hydrogen (secondary N) is 1. The molecule has 1 amide bonds. The van der Waals surface area contributed by atoms with Gasteiger partial charge in [-0.25, -0.2) is 0 Å². The molecule has 4 nitrogen and oxygen atoms in total. The van der Waals surface area contributed by atoms with Crippen LogP contribution in [0.3, 0.4) is 0 Å². The Morgan fingerprint density at radius 2 is 1.64 bits per heavy atom. The average molecular weight is 375 g/mol. The average Bonchev–Trinajstić information content (AvgIpc) is 3.08. The van der Waals surface area contributed by atoms with Crippen LogP contribution in [0.4, 0.5) is 0 Å². The highest BCUT2D eigenvalue weighted by molar-refractivity contribution is 5.95. The maximum Gasteiger partial charge on any atom is 0.220 e. The van der Waals surface area contributed by atoms with Gasteiger partial charge in [0.15, 0.2) is 5.78 Å². The van der Waals surface area contributed by atoms with E-state index in [1.807, 2.05) is 37.3 Å². The van der Waals surface area contributed by atoms with E-state index in [4.69, 9.17) is 4.42 Å². The number of ketones is 1. The SMILES string of the molecule is CC(=O)c1cc(CCC(=O)N[C@H](C)c2ccc(-c3ccccc3)cc2)oc1C. The summed E-state index contributed by atoms with van der Waals surface area (Å²) in [5.74, 6) is 1.20. The molecule has 1 N–H and O–H groups in total. The van der Waals surface area contributed by atoms with Crippen molar-refractivity contribution in [3.63, 3.8) is 0 Å². The van der Waals surface area contributed by atoms with Crippen LogP contribution >= 0.6 is 0 Å². The van der Waals surface area contributed by atoms with Crippen LogP contribution in [-0.2, 0) is 11.2 Å². The standard InChI is InChI=1S/C24H25NO3/c1-16(19-9-11-21(12-10-19)20-7-5-4-6-8-20)25-24(27)14-13-22-15-23(17(2)26)18(3)28-22/h4-12,15-16H,13-14H2,1-3H3,(H,25,27)/t16-/m1/s1. The van der Waals surface area contributed by atoms with E-state index in [2.05, 4.69) is 29.6 Å². The molecule has 0 radical (unpaired) electrons. The maximum atomic E-state index is 12.3. The monoisotopic (exact) mass is 375 g/mol. The summed E-state index contributed by atoms with van der Waals surface area (Å²) in [4.78, 5) is 23.8. The molecule has 1 aromatic heterocycles. The van der Waals surface area contributed by atoms with Crippen LogP contribution in [0.2, 0.25) is 0 Å². The van der Waals surface area contributed by atoms with Gasteiger partial charge in [-0.1, -0.05) is 54.6 Å². The quantitative estimate of drug-likeness (QED) is 0.573. The molecule has 0 saturated carbocycles. The minimum Gasteiger partial charge on any atom is -0.466 e. The van der Waals surface area contributed by atoms with Crippen molar-refractivity contribution in [1.29, 1.82) is 0 Å². The second kappa shape index (κ2) is 8.70. The molecule has 0 fully saturated rings. The van der Waals surface area contributed by atoms with Crippen molar-refractivity contribution in [3.8, 4) is 11.1 Å². The Labute approximate surface area is 165 Å². The van der Waals surface area contributed by atoms with Gasteiger partial charge in [-0.3, -0.25) is 9.59 Å². The molecule has 3 aromatic rings. The van der Waals surface area contributed by atoms with Crippen molar-refractivity contribution in [1.82, 2.24) is 5.32 Å². The molecule has 0 aliphatic rings. The summed E-state index contributed by atoms with van der Waals surface area (Å²) in [5, 5.41) is 3.02. The number of furan rings is 1. The third-order valence-electron chi connectivity index (χ3n) is 4.84. The molecule has 0 spiro atoms. The predicted octanol–water partition coefficient (Wildman–Crippen LogP) is 5.27. The molecule has 0 aliphatic carbocycles. The summed E-state index contributed by atoms with van der Waals surface area (Å²) >= 11 is 0. The van der Waals surface area contributed by atoms with Crippen LogP contribution in [-0.4, -0.2) is 11.7 Å². The van der Waals surface area contributed by atoms with Crippen LogP contribution in [0.1, 0.15) is 53.8 Å². The summed E-state index contributed by atoms with van der Waals surface area (Å²) in [7, 11) is 0. The van der Waals surface area contributed by atoms with Crippen LogP contribution in [0.5, 0.6) is 0 Å². The molecule has 28 heavy (non-hydrogen) atoms. The normalized spacial score (nSPS) is 11.8. The number of hydrogen-bond acceptors (Lipinski definition) is 3. The zero-order valence-electron chi connectivity index (χ0n) is 16.5. The number of carbonyl (C=O) groups excluding carboxylic acids is 2. The van der Waals surface area contributed by atoms with Gasteiger partial charge in [0.1, 0.15) is 11.5 Å². The summed E-state index contributed by atoms with van der Waals surface area (Å²) in [6, 6.07) is 20.1. The first kappa shape index (κ1) is 19.6. The second-order valence-corrected chi connectivity index (χ2v) is 7.02. The number of carbonyl (C=O) groups is 2. The molecule has 1 heterocycles. The molecule has 0 aliphatic heterocycles. The summed E-state index contributed by atoms with van der Waals surface area (Å²) in [5.41, 5.74) is 3.96. The highest BCUT2D eigenvalue weighted by Gasteiger charge is 2.14. The fraction of sp³-hybridized carbons (Fsp3) is 0.250. The molecule has 4 heteroatoms. The smallest absolute Gasteiger partial charge is 0.220 e. The van der Waals surface area contributed by atoms with Crippen molar-refractivity contribution in [2.75, 3.05) is 0 Å². The number of Topliss-reactive ketones (excluding diaryl/α,β-unsaturated/α-hetero) is 1. The van der Waals surface area contributed by atoms with E-state index in [0.29, 0.717) is 29.9 Å².